The minimum Gasteiger partial charge on any atom is -0.383 e. The molecule has 2 heterocycles. The van der Waals surface area contributed by atoms with E-state index in [0.717, 1.165) is 11.3 Å². The minimum atomic E-state index is -0.108. The highest BCUT2D eigenvalue weighted by atomic mass is 35.5. The number of nitrogens with zero attached hydrogens (tertiary/aromatic N) is 4. The molecule has 2 aromatic heterocycles. The van der Waals surface area contributed by atoms with Gasteiger partial charge in [0.25, 0.3) is 5.91 Å². The summed E-state index contributed by atoms with van der Waals surface area (Å²) in [7, 11) is 1.62. The van der Waals surface area contributed by atoms with E-state index in [-0.39, 0.29) is 5.91 Å². The van der Waals surface area contributed by atoms with Gasteiger partial charge in [0.15, 0.2) is 0 Å². The monoisotopic (exact) mass is 384 g/mol. The molecule has 0 fully saturated rings. The summed E-state index contributed by atoms with van der Waals surface area (Å²) in [5, 5.41) is 4.99. The summed E-state index contributed by atoms with van der Waals surface area (Å²) in [6.07, 6.45) is 5.04. The molecule has 1 aromatic carbocycles. The van der Waals surface area contributed by atoms with Gasteiger partial charge in [-0.25, -0.2) is 0 Å². The van der Waals surface area contributed by atoms with Crippen molar-refractivity contribution in [2.45, 2.75) is 13.1 Å². The second-order valence-electron chi connectivity index (χ2n) is 6.06. The number of hydrogen-bond donors (Lipinski definition) is 0. The number of halogens is 1. The van der Waals surface area contributed by atoms with Crippen molar-refractivity contribution < 1.29 is 9.53 Å². The molecule has 0 saturated carbocycles. The smallest absolute Gasteiger partial charge is 0.257 e. The van der Waals surface area contributed by atoms with E-state index in [1.807, 2.05) is 42.5 Å². The molecule has 140 valence electrons. The van der Waals surface area contributed by atoms with Gasteiger partial charge in [0.05, 0.1) is 37.2 Å². The van der Waals surface area contributed by atoms with E-state index in [9.17, 15) is 4.79 Å². The third kappa shape index (κ3) is 5.15. The summed E-state index contributed by atoms with van der Waals surface area (Å²) < 4.78 is 6.86. The summed E-state index contributed by atoms with van der Waals surface area (Å²) in [6, 6.07) is 13.2. The molecule has 0 unspecified atom stereocenters. The minimum absolute atomic E-state index is 0.108. The average molecular weight is 385 g/mol. The molecule has 3 rings (SSSR count). The summed E-state index contributed by atoms with van der Waals surface area (Å²) in [4.78, 5) is 19.0. The molecule has 0 atom stereocenters. The van der Waals surface area contributed by atoms with E-state index in [4.69, 9.17) is 16.3 Å². The highest BCUT2D eigenvalue weighted by Gasteiger charge is 2.18. The molecule has 0 spiro atoms. The molecule has 0 aliphatic carbocycles. The number of methoxy groups -OCH3 is 1. The van der Waals surface area contributed by atoms with Crippen LogP contribution < -0.4 is 0 Å². The van der Waals surface area contributed by atoms with Crippen LogP contribution in [0.5, 0.6) is 0 Å². The third-order valence-corrected chi connectivity index (χ3v) is 4.47. The number of ether oxygens (including phenoxy) is 1. The van der Waals surface area contributed by atoms with Crippen LogP contribution in [0.1, 0.15) is 21.6 Å². The second-order valence-corrected chi connectivity index (χ2v) is 6.47. The lowest BCUT2D eigenvalue weighted by atomic mass is 10.2. The van der Waals surface area contributed by atoms with Crippen molar-refractivity contribution in [1.82, 2.24) is 19.7 Å². The summed E-state index contributed by atoms with van der Waals surface area (Å²) in [6.45, 7) is 1.85. The van der Waals surface area contributed by atoms with Gasteiger partial charge in [0.2, 0.25) is 0 Å². The van der Waals surface area contributed by atoms with Crippen LogP contribution in [0.2, 0.25) is 5.02 Å². The molecule has 3 aromatic rings. The molecule has 0 bridgehead atoms. The number of amides is 1. The fourth-order valence-corrected chi connectivity index (χ4v) is 2.88. The molecule has 0 saturated heterocycles. The number of rotatable bonds is 8. The van der Waals surface area contributed by atoms with Gasteiger partial charge in [-0.15, -0.1) is 0 Å². The van der Waals surface area contributed by atoms with Crippen LogP contribution in [0.15, 0.2) is 61.1 Å². The fraction of sp³-hybridized carbons (Fsp3) is 0.250. The lowest BCUT2D eigenvalue weighted by Gasteiger charge is -2.21. The van der Waals surface area contributed by atoms with Crippen molar-refractivity contribution >= 4 is 17.5 Å². The van der Waals surface area contributed by atoms with Gasteiger partial charge in [0, 0.05) is 31.1 Å². The van der Waals surface area contributed by atoms with Crippen molar-refractivity contribution in [3.05, 3.63) is 82.9 Å². The molecule has 1 amide bonds. The zero-order valence-corrected chi connectivity index (χ0v) is 15.8. The molecular formula is C20H21ClN4O2. The zero-order chi connectivity index (χ0) is 19.1. The highest BCUT2D eigenvalue weighted by molar-refractivity contribution is 6.31. The predicted octanol–water partition coefficient (Wildman–Crippen LogP) is 3.27. The van der Waals surface area contributed by atoms with Gasteiger partial charge < -0.3 is 9.64 Å². The fourth-order valence-electron chi connectivity index (χ4n) is 2.69. The van der Waals surface area contributed by atoms with E-state index in [0.29, 0.717) is 36.8 Å². The van der Waals surface area contributed by atoms with E-state index in [2.05, 4.69) is 10.1 Å². The van der Waals surface area contributed by atoms with Gasteiger partial charge in [-0.1, -0.05) is 35.9 Å². The Morgan fingerprint density at radius 2 is 2.04 bits per heavy atom. The molecule has 0 N–H and O–H groups in total. The van der Waals surface area contributed by atoms with Gasteiger partial charge >= 0.3 is 0 Å². The number of aromatic nitrogens is 3. The van der Waals surface area contributed by atoms with Crippen LogP contribution in [0.3, 0.4) is 0 Å². The third-order valence-electron chi connectivity index (χ3n) is 4.10. The van der Waals surface area contributed by atoms with Crippen LogP contribution >= 0.6 is 11.6 Å². The Kier molecular flexibility index (Phi) is 6.57. The largest absolute Gasteiger partial charge is 0.383 e. The lowest BCUT2D eigenvalue weighted by Crippen LogP contribution is -2.33. The summed E-state index contributed by atoms with van der Waals surface area (Å²) in [5.41, 5.74) is 2.30. The first-order chi connectivity index (χ1) is 13.2. The standard InChI is InChI=1S/C20H21ClN4O2/c1-27-11-10-24(15-18-7-4-5-9-22-18)20(26)17-12-23-25(14-17)13-16-6-2-3-8-19(16)21/h2-9,12,14H,10-11,13,15H2,1H3. The van der Waals surface area contributed by atoms with Crippen LogP contribution in [0, 0.1) is 0 Å². The van der Waals surface area contributed by atoms with Crippen molar-refractivity contribution in [2.24, 2.45) is 0 Å². The Bertz CT molecular complexity index is 882. The van der Waals surface area contributed by atoms with E-state index in [1.54, 1.807) is 35.3 Å². The molecule has 0 radical (unpaired) electrons. The maximum absolute atomic E-state index is 13.0. The maximum atomic E-state index is 13.0. The first-order valence-electron chi connectivity index (χ1n) is 8.61. The molecule has 0 aliphatic heterocycles. The average Bonchev–Trinajstić information content (AvgIpc) is 3.16. The van der Waals surface area contributed by atoms with Gasteiger partial charge in [-0.3, -0.25) is 14.5 Å². The summed E-state index contributed by atoms with van der Waals surface area (Å²) in [5.74, 6) is -0.108. The molecule has 0 aliphatic rings. The van der Waals surface area contributed by atoms with Gasteiger partial charge in [0.1, 0.15) is 0 Å². The second kappa shape index (κ2) is 9.30. The van der Waals surface area contributed by atoms with Crippen LogP contribution in [-0.4, -0.2) is 45.8 Å². The molecular weight excluding hydrogens is 364 g/mol. The Hall–Kier alpha value is -2.70. The quantitative estimate of drug-likeness (QED) is 0.598. The summed E-state index contributed by atoms with van der Waals surface area (Å²) >= 11 is 6.20. The highest BCUT2D eigenvalue weighted by Crippen LogP contribution is 2.16. The molecule has 6 nitrogen and oxygen atoms in total. The number of carbonyl (C=O) groups is 1. The number of pyridine rings is 1. The topological polar surface area (TPSA) is 60.2 Å². The normalized spacial score (nSPS) is 10.7. The molecule has 7 heteroatoms. The molecule has 27 heavy (non-hydrogen) atoms. The maximum Gasteiger partial charge on any atom is 0.257 e. The Morgan fingerprint density at radius 3 is 2.78 bits per heavy atom. The van der Waals surface area contributed by atoms with E-state index < -0.39 is 0 Å². The van der Waals surface area contributed by atoms with Crippen LogP contribution in [0.4, 0.5) is 0 Å². The number of hydrogen-bond acceptors (Lipinski definition) is 4. The van der Waals surface area contributed by atoms with Crippen LogP contribution in [-0.2, 0) is 17.8 Å². The first-order valence-corrected chi connectivity index (χ1v) is 8.99. The van der Waals surface area contributed by atoms with Gasteiger partial charge in [-0.05, 0) is 23.8 Å². The van der Waals surface area contributed by atoms with Crippen molar-refractivity contribution in [1.29, 1.82) is 0 Å². The van der Waals surface area contributed by atoms with Crippen molar-refractivity contribution in [3.8, 4) is 0 Å². The van der Waals surface area contributed by atoms with Gasteiger partial charge in [-0.2, -0.15) is 5.10 Å². The van der Waals surface area contributed by atoms with Crippen molar-refractivity contribution in [3.63, 3.8) is 0 Å². The number of carbonyl (C=O) groups excluding carboxylic acids is 1. The zero-order valence-electron chi connectivity index (χ0n) is 15.1. The van der Waals surface area contributed by atoms with E-state index in [1.165, 1.54) is 0 Å². The lowest BCUT2D eigenvalue weighted by molar-refractivity contribution is 0.0678. The van der Waals surface area contributed by atoms with E-state index >= 15 is 0 Å². The first kappa shape index (κ1) is 19.1. The Morgan fingerprint density at radius 1 is 1.22 bits per heavy atom. The SMILES string of the molecule is COCCN(Cc1ccccn1)C(=O)c1cnn(Cc2ccccc2Cl)c1. The van der Waals surface area contributed by atoms with Crippen molar-refractivity contribution in [2.75, 3.05) is 20.3 Å². The number of benzene rings is 1. The Labute approximate surface area is 163 Å². The van der Waals surface area contributed by atoms with Crippen LogP contribution in [0.25, 0.3) is 0 Å². The Balaban J connectivity index is 1.73. The predicted molar refractivity (Wildman–Crippen MR) is 104 cm³/mol.